The summed E-state index contributed by atoms with van der Waals surface area (Å²) in [6.45, 7) is 2.26. The van der Waals surface area contributed by atoms with E-state index in [-0.39, 0.29) is 5.97 Å². The van der Waals surface area contributed by atoms with Crippen LogP contribution in [-0.2, 0) is 15.1 Å². The van der Waals surface area contributed by atoms with E-state index in [4.69, 9.17) is 4.74 Å². The molecule has 0 aliphatic heterocycles. The first-order valence-corrected chi connectivity index (χ1v) is 6.17. The van der Waals surface area contributed by atoms with Gasteiger partial charge in [-0.1, -0.05) is 30.3 Å². The first kappa shape index (κ1) is 12.1. The van der Waals surface area contributed by atoms with E-state index in [1.165, 1.54) is 0 Å². The van der Waals surface area contributed by atoms with Gasteiger partial charge in [0.1, 0.15) is 5.54 Å². The second-order valence-corrected chi connectivity index (χ2v) is 4.42. The van der Waals surface area contributed by atoms with Gasteiger partial charge >= 0.3 is 5.97 Å². The molecule has 1 atom stereocenters. The highest BCUT2D eigenvalue weighted by Crippen LogP contribution is 2.46. The van der Waals surface area contributed by atoms with Crippen molar-refractivity contribution in [1.82, 2.24) is 5.32 Å². The van der Waals surface area contributed by atoms with Gasteiger partial charge in [0, 0.05) is 0 Å². The molecule has 17 heavy (non-hydrogen) atoms. The van der Waals surface area contributed by atoms with Crippen LogP contribution in [0.1, 0.15) is 25.3 Å². The summed E-state index contributed by atoms with van der Waals surface area (Å²) in [5, 5.41) is 3.20. The largest absolute Gasteiger partial charge is 0.464 e. The smallest absolute Gasteiger partial charge is 0.331 e. The molecule has 1 fully saturated rings. The Labute approximate surface area is 102 Å². The van der Waals surface area contributed by atoms with Crippen molar-refractivity contribution in [3.05, 3.63) is 35.9 Å². The first-order chi connectivity index (χ1) is 8.25. The third-order valence-electron chi connectivity index (χ3n) is 3.41. The fraction of sp³-hybridized carbons (Fsp3) is 0.500. The average molecular weight is 233 g/mol. The number of ether oxygens (including phenoxy) is 1. The van der Waals surface area contributed by atoms with Gasteiger partial charge in [0.25, 0.3) is 0 Å². The van der Waals surface area contributed by atoms with Gasteiger partial charge in [0.05, 0.1) is 6.61 Å². The van der Waals surface area contributed by atoms with E-state index in [2.05, 4.69) is 5.32 Å². The van der Waals surface area contributed by atoms with E-state index in [0.717, 1.165) is 18.4 Å². The van der Waals surface area contributed by atoms with Crippen molar-refractivity contribution in [1.29, 1.82) is 0 Å². The summed E-state index contributed by atoms with van der Waals surface area (Å²) in [4.78, 5) is 12.3. The summed E-state index contributed by atoms with van der Waals surface area (Å²) in [5.74, 6) is 0.199. The van der Waals surface area contributed by atoms with Gasteiger partial charge < -0.3 is 10.1 Å². The fourth-order valence-electron chi connectivity index (χ4n) is 2.43. The predicted octanol–water partition coefficient (Wildman–Crippen LogP) is 2.07. The molecule has 0 saturated heterocycles. The molecule has 2 rings (SSSR count). The number of carbonyl (C=O) groups excluding carboxylic acids is 1. The summed E-state index contributed by atoms with van der Waals surface area (Å²) in [5.41, 5.74) is 0.348. The molecule has 1 N–H and O–H groups in total. The quantitative estimate of drug-likeness (QED) is 0.791. The van der Waals surface area contributed by atoms with Crippen LogP contribution in [0.3, 0.4) is 0 Å². The van der Waals surface area contributed by atoms with E-state index >= 15 is 0 Å². The summed E-state index contributed by atoms with van der Waals surface area (Å²) in [6.07, 6.45) is 2.16. The van der Waals surface area contributed by atoms with Crippen molar-refractivity contribution in [2.24, 2.45) is 5.92 Å². The lowest BCUT2D eigenvalue weighted by molar-refractivity contribution is -0.152. The zero-order chi connectivity index (χ0) is 12.3. The highest BCUT2D eigenvalue weighted by Gasteiger charge is 2.52. The van der Waals surface area contributed by atoms with Crippen LogP contribution >= 0.6 is 0 Å². The minimum absolute atomic E-state index is 0.156. The number of hydrogen-bond donors (Lipinski definition) is 1. The number of hydrogen-bond acceptors (Lipinski definition) is 3. The van der Waals surface area contributed by atoms with E-state index in [1.54, 1.807) is 0 Å². The normalized spacial score (nSPS) is 18.5. The number of carbonyl (C=O) groups is 1. The fourth-order valence-corrected chi connectivity index (χ4v) is 2.43. The van der Waals surface area contributed by atoms with E-state index in [1.807, 2.05) is 44.3 Å². The molecule has 0 amide bonds. The van der Waals surface area contributed by atoms with Crippen LogP contribution in [0, 0.1) is 5.92 Å². The van der Waals surface area contributed by atoms with Crippen LogP contribution in [0.25, 0.3) is 0 Å². The van der Waals surface area contributed by atoms with Gasteiger partial charge in [0.2, 0.25) is 0 Å². The Morgan fingerprint density at radius 1 is 1.41 bits per heavy atom. The van der Waals surface area contributed by atoms with Crippen LogP contribution in [0.5, 0.6) is 0 Å². The molecule has 0 heterocycles. The molecule has 1 unspecified atom stereocenters. The van der Waals surface area contributed by atoms with Crippen LogP contribution in [0.2, 0.25) is 0 Å². The summed E-state index contributed by atoms with van der Waals surface area (Å²) >= 11 is 0. The molecule has 0 aromatic heterocycles. The topological polar surface area (TPSA) is 38.3 Å². The highest BCUT2D eigenvalue weighted by molar-refractivity contribution is 5.83. The minimum Gasteiger partial charge on any atom is -0.464 e. The maximum atomic E-state index is 12.3. The standard InChI is InChI=1S/C14H19NO2/c1-3-17-13(16)14(15-2,12-9-10-12)11-7-5-4-6-8-11/h4-8,12,15H,3,9-10H2,1-2H3. The van der Waals surface area contributed by atoms with Crippen LogP contribution in [0.15, 0.2) is 30.3 Å². The molecule has 0 bridgehead atoms. The van der Waals surface area contributed by atoms with E-state index in [9.17, 15) is 4.79 Å². The molecule has 92 valence electrons. The lowest BCUT2D eigenvalue weighted by Gasteiger charge is -2.31. The van der Waals surface area contributed by atoms with Gasteiger partial charge in [-0.2, -0.15) is 0 Å². The number of nitrogens with one attached hydrogen (secondary N) is 1. The van der Waals surface area contributed by atoms with E-state index < -0.39 is 5.54 Å². The van der Waals surface area contributed by atoms with Crippen LogP contribution in [0.4, 0.5) is 0 Å². The van der Waals surface area contributed by atoms with Crippen molar-refractivity contribution >= 4 is 5.97 Å². The van der Waals surface area contributed by atoms with Crippen molar-refractivity contribution in [3.63, 3.8) is 0 Å². The van der Waals surface area contributed by atoms with Crippen molar-refractivity contribution < 1.29 is 9.53 Å². The molecule has 3 nitrogen and oxygen atoms in total. The Hall–Kier alpha value is -1.35. The maximum absolute atomic E-state index is 12.3. The Kier molecular flexibility index (Phi) is 3.48. The lowest BCUT2D eigenvalue weighted by atomic mass is 9.85. The summed E-state index contributed by atoms with van der Waals surface area (Å²) in [6, 6.07) is 9.87. The SMILES string of the molecule is CCOC(=O)C(NC)(c1ccccc1)C1CC1. The molecule has 0 spiro atoms. The van der Waals surface area contributed by atoms with Crippen molar-refractivity contribution in [2.45, 2.75) is 25.3 Å². The Morgan fingerprint density at radius 3 is 2.53 bits per heavy atom. The lowest BCUT2D eigenvalue weighted by Crippen LogP contribution is -2.50. The highest BCUT2D eigenvalue weighted by atomic mass is 16.5. The minimum atomic E-state index is -0.655. The Morgan fingerprint density at radius 2 is 2.06 bits per heavy atom. The monoisotopic (exact) mass is 233 g/mol. The average Bonchev–Trinajstić information content (AvgIpc) is 3.17. The second kappa shape index (κ2) is 4.88. The van der Waals surface area contributed by atoms with Gasteiger partial charge in [-0.15, -0.1) is 0 Å². The number of benzene rings is 1. The van der Waals surface area contributed by atoms with Crippen molar-refractivity contribution in [3.8, 4) is 0 Å². The predicted molar refractivity (Wildman–Crippen MR) is 66.5 cm³/mol. The van der Waals surface area contributed by atoms with Gasteiger partial charge in [-0.3, -0.25) is 0 Å². The Bertz CT molecular complexity index is 386. The first-order valence-electron chi connectivity index (χ1n) is 6.17. The zero-order valence-electron chi connectivity index (χ0n) is 10.4. The van der Waals surface area contributed by atoms with Gasteiger partial charge in [0.15, 0.2) is 0 Å². The third kappa shape index (κ3) is 2.07. The molecule has 3 heteroatoms. The summed E-state index contributed by atoms with van der Waals surface area (Å²) < 4.78 is 5.25. The van der Waals surface area contributed by atoms with Crippen LogP contribution < -0.4 is 5.32 Å². The Balaban J connectivity index is 2.39. The maximum Gasteiger partial charge on any atom is 0.331 e. The zero-order valence-corrected chi connectivity index (χ0v) is 10.4. The number of esters is 1. The molecule has 1 aromatic carbocycles. The molecular formula is C14H19NO2. The van der Waals surface area contributed by atoms with Gasteiger partial charge in [-0.25, -0.2) is 4.79 Å². The summed E-state index contributed by atoms with van der Waals surface area (Å²) in [7, 11) is 1.84. The second-order valence-electron chi connectivity index (χ2n) is 4.42. The molecule has 0 radical (unpaired) electrons. The third-order valence-corrected chi connectivity index (χ3v) is 3.41. The van der Waals surface area contributed by atoms with Crippen LogP contribution in [-0.4, -0.2) is 19.6 Å². The molecule has 1 aromatic rings. The van der Waals surface area contributed by atoms with Crippen molar-refractivity contribution in [2.75, 3.05) is 13.7 Å². The number of likely N-dealkylation sites (N-methyl/N-ethyl adjacent to an activating group) is 1. The molecule has 1 aliphatic carbocycles. The molecule has 1 aliphatic rings. The molecular weight excluding hydrogens is 214 g/mol. The van der Waals surface area contributed by atoms with E-state index in [0.29, 0.717) is 12.5 Å². The number of rotatable bonds is 5. The molecule has 1 saturated carbocycles. The van der Waals surface area contributed by atoms with Gasteiger partial charge in [-0.05, 0) is 38.3 Å².